The summed E-state index contributed by atoms with van der Waals surface area (Å²) in [6, 6.07) is 4.03. The molecule has 1 aliphatic heterocycles. The normalized spacial score (nSPS) is 19.3. The van der Waals surface area contributed by atoms with Gasteiger partial charge in [0.1, 0.15) is 0 Å². The Balaban J connectivity index is 1.65. The smallest absolute Gasteiger partial charge is 0.227 e. The van der Waals surface area contributed by atoms with Gasteiger partial charge in [-0.1, -0.05) is 6.07 Å². The number of hydrogen-bond donors (Lipinski definition) is 2. The molecule has 0 spiro atoms. The topological polar surface area (TPSA) is 69.2 Å². The van der Waals surface area contributed by atoms with Crippen LogP contribution in [0.5, 0.6) is 0 Å². The van der Waals surface area contributed by atoms with Crippen molar-refractivity contribution in [1.82, 2.24) is 15.1 Å². The molecule has 3 rings (SSSR count). The number of hydrogen-bond acceptors (Lipinski definition) is 4. The highest BCUT2D eigenvalue weighted by Crippen LogP contribution is 2.30. The summed E-state index contributed by atoms with van der Waals surface area (Å²) in [7, 11) is 0. The van der Waals surface area contributed by atoms with E-state index in [1.807, 2.05) is 36.3 Å². The van der Waals surface area contributed by atoms with Gasteiger partial charge >= 0.3 is 0 Å². The highest BCUT2D eigenvalue weighted by Gasteiger charge is 2.31. The van der Waals surface area contributed by atoms with Crippen LogP contribution in [0.3, 0.4) is 0 Å². The average Bonchev–Trinajstić information content (AvgIpc) is 3.25. The fourth-order valence-electron chi connectivity index (χ4n) is 3.35. The summed E-state index contributed by atoms with van der Waals surface area (Å²) in [4.78, 5) is 15.6. The third-order valence-electron chi connectivity index (χ3n) is 4.67. The average molecular weight is 333 g/mol. The predicted molar refractivity (Wildman–Crippen MR) is 90.4 cm³/mol. The van der Waals surface area contributed by atoms with Crippen LogP contribution in [0.15, 0.2) is 17.5 Å². The molecule has 1 aliphatic rings. The van der Waals surface area contributed by atoms with Crippen LogP contribution in [0.4, 0.5) is 0 Å². The molecule has 0 unspecified atom stereocenters. The zero-order valence-corrected chi connectivity index (χ0v) is 14.4. The van der Waals surface area contributed by atoms with E-state index in [0.717, 1.165) is 41.2 Å². The van der Waals surface area contributed by atoms with E-state index in [4.69, 9.17) is 0 Å². The molecule has 2 aromatic heterocycles. The Bertz CT molecular complexity index is 646. The van der Waals surface area contributed by atoms with Crippen LogP contribution in [-0.2, 0) is 11.2 Å². The third-order valence-corrected chi connectivity index (χ3v) is 5.65. The molecule has 5 nitrogen and oxygen atoms in total. The Morgan fingerprint density at radius 2 is 2.39 bits per heavy atom. The van der Waals surface area contributed by atoms with E-state index in [1.165, 1.54) is 0 Å². The first-order valence-electron chi connectivity index (χ1n) is 8.07. The number of nitrogens with one attached hydrogen (secondary N) is 1. The predicted octanol–water partition coefficient (Wildman–Crippen LogP) is 2.75. The quantitative estimate of drug-likeness (QED) is 0.884. The van der Waals surface area contributed by atoms with Crippen LogP contribution in [0.25, 0.3) is 0 Å². The molecule has 0 radical (unpaired) electrons. The maximum atomic E-state index is 12.7. The van der Waals surface area contributed by atoms with Gasteiger partial charge in [-0.05, 0) is 44.6 Å². The minimum absolute atomic E-state index is 0.132. The van der Waals surface area contributed by atoms with Crippen LogP contribution in [0.1, 0.15) is 47.2 Å². The molecule has 0 saturated carbocycles. The standard InChI is InChI=1S/C17H23N3O2S/c1-11-14(12(2)19-18-11)10-17(22)20-7-3-5-13(20)9-15(21)16-6-4-8-23-16/h4,6,8,13,15,21H,3,5,7,9-10H2,1-2H3,(H,18,19)/t13-,15-/m1/s1. The number of aromatic nitrogens is 2. The summed E-state index contributed by atoms with van der Waals surface area (Å²) in [5.41, 5.74) is 2.86. The van der Waals surface area contributed by atoms with Gasteiger partial charge in [-0.3, -0.25) is 9.89 Å². The van der Waals surface area contributed by atoms with E-state index in [0.29, 0.717) is 12.8 Å². The maximum Gasteiger partial charge on any atom is 0.227 e. The SMILES string of the molecule is Cc1n[nH]c(C)c1CC(=O)N1CCC[C@@H]1C[C@@H](O)c1cccs1. The molecule has 0 aromatic carbocycles. The van der Waals surface area contributed by atoms with Crippen LogP contribution >= 0.6 is 11.3 Å². The first-order chi connectivity index (χ1) is 11.1. The largest absolute Gasteiger partial charge is 0.387 e. The molecule has 1 amide bonds. The number of amides is 1. The van der Waals surface area contributed by atoms with Crippen molar-refractivity contribution in [2.24, 2.45) is 0 Å². The lowest BCUT2D eigenvalue weighted by molar-refractivity contribution is -0.131. The number of likely N-dealkylation sites (tertiary alicyclic amines) is 1. The van der Waals surface area contributed by atoms with E-state index >= 15 is 0 Å². The zero-order chi connectivity index (χ0) is 16.4. The van der Waals surface area contributed by atoms with Crippen molar-refractivity contribution < 1.29 is 9.90 Å². The number of nitrogens with zero attached hydrogens (tertiary/aromatic N) is 2. The molecule has 1 fully saturated rings. The van der Waals surface area contributed by atoms with Gasteiger partial charge in [-0.15, -0.1) is 11.3 Å². The summed E-state index contributed by atoms with van der Waals surface area (Å²) in [6.45, 7) is 4.66. The van der Waals surface area contributed by atoms with Crippen LogP contribution < -0.4 is 0 Å². The van der Waals surface area contributed by atoms with Gasteiger partial charge in [0.05, 0.1) is 18.2 Å². The molecule has 23 heavy (non-hydrogen) atoms. The summed E-state index contributed by atoms with van der Waals surface area (Å²) in [6.07, 6.45) is 2.51. The zero-order valence-electron chi connectivity index (χ0n) is 13.6. The fraction of sp³-hybridized carbons (Fsp3) is 0.529. The van der Waals surface area contributed by atoms with Gasteiger partial charge in [-0.25, -0.2) is 0 Å². The molecular formula is C17H23N3O2S. The second-order valence-electron chi connectivity index (χ2n) is 6.24. The van der Waals surface area contributed by atoms with Crippen molar-refractivity contribution in [3.05, 3.63) is 39.3 Å². The Labute approximate surface area is 140 Å². The molecular weight excluding hydrogens is 310 g/mol. The fourth-order valence-corrected chi connectivity index (χ4v) is 4.08. The lowest BCUT2D eigenvalue weighted by atomic mass is 10.0. The summed E-state index contributed by atoms with van der Waals surface area (Å²) >= 11 is 1.57. The number of aryl methyl sites for hydroxylation is 2. The number of thiophene rings is 1. The number of aliphatic hydroxyl groups excluding tert-OH is 1. The van der Waals surface area contributed by atoms with Gasteiger partial charge in [-0.2, -0.15) is 5.10 Å². The van der Waals surface area contributed by atoms with E-state index < -0.39 is 6.10 Å². The molecule has 3 heterocycles. The van der Waals surface area contributed by atoms with Crippen molar-refractivity contribution in [1.29, 1.82) is 0 Å². The highest BCUT2D eigenvalue weighted by molar-refractivity contribution is 7.10. The Hall–Kier alpha value is -1.66. The number of carbonyl (C=O) groups excluding carboxylic acids is 1. The van der Waals surface area contributed by atoms with Gasteiger partial charge in [0.15, 0.2) is 0 Å². The molecule has 2 N–H and O–H groups in total. The van der Waals surface area contributed by atoms with E-state index in [1.54, 1.807) is 11.3 Å². The first kappa shape index (κ1) is 16.2. The third kappa shape index (κ3) is 3.48. The molecule has 0 aliphatic carbocycles. The second kappa shape index (κ2) is 6.84. The molecule has 124 valence electrons. The highest BCUT2D eigenvalue weighted by atomic mass is 32.1. The van der Waals surface area contributed by atoms with Crippen LogP contribution in [0, 0.1) is 13.8 Å². The van der Waals surface area contributed by atoms with Gasteiger partial charge in [0, 0.05) is 28.7 Å². The van der Waals surface area contributed by atoms with E-state index in [9.17, 15) is 9.90 Å². The van der Waals surface area contributed by atoms with Crippen LogP contribution in [0.2, 0.25) is 0 Å². The minimum Gasteiger partial charge on any atom is -0.387 e. The van der Waals surface area contributed by atoms with Crippen molar-refractivity contribution in [3.63, 3.8) is 0 Å². The summed E-state index contributed by atoms with van der Waals surface area (Å²) < 4.78 is 0. The minimum atomic E-state index is -0.481. The molecule has 0 bridgehead atoms. The van der Waals surface area contributed by atoms with Crippen LogP contribution in [-0.4, -0.2) is 38.7 Å². The molecule has 1 saturated heterocycles. The molecule has 2 atom stereocenters. The first-order valence-corrected chi connectivity index (χ1v) is 8.95. The van der Waals surface area contributed by atoms with Crippen molar-refractivity contribution in [2.75, 3.05) is 6.54 Å². The Morgan fingerprint density at radius 3 is 3.04 bits per heavy atom. The summed E-state index contributed by atoms with van der Waals surface area (Å²) in [5, 5.41) is 19.4. The van der Waals surface area contributed by atoms with Crippen molar-refractivity contribution in [3.8, 4) is 0 Å². The lowest BCUT2D eigenvalue weighted by Crippen LogP contribution is -2.37. The van der Waals surface area contributed by atoms with Gasteiger partial charge in [0.2, 0.25) is 5.91 Å². The number of aliphatic hydroxyl groups is 1. The van der Waals surface area contributed by atoms with Crippen molar-refractivity contribution >= 4 is 17.2 Å². The lowest BCUT2D eigenvalue weighted by Gasteiger charge is -2.26. The number of rotatable bonds is 5. The van der Waals surface area contributed by atoms with Gasteiger partial charge < -0.3 is 10.0 Å². The number of carbonyl (C=O) groups is 1. The number of H-pyrrole nitrogens is 1. The number of aromatic amines is 1. The summed E-state index contributed by atoms with van der Waals surface area (Å²) in [5.74, 6) is 0.137. The van der Waals surface area contributed by atoms with Gasteiger partial charge in [0.25, 0.3) is 0 Å². The van der Waals surface area contributed by atoms with Crippen molar-refractivity contribution in [2.45, 2.75) is 51.7 Å². The van der Waals surface area contributed by atoms with E-state index in [-0.39, 0.29) is 11.9 Å². The monoisotopic (exact) mass is 333 g/mol. The van der Waals surface area contributed by atoms with E-state index in [2.05, 4.69) is 10.2 Å². The Kier molecular flexibility index (Phi) is 4.82. The second-order valence-corrected chi connectivity index (χ2v) is 7.22. The maximum absolute atomic E-state index is 12.7. The Morgan fingerprint density at radius 1 is 1.57 bits per heavy atom. The molecule has 6 heteroatoms. The molecule has 2 aromatic rings.